The van der Waals surface area contributed by atoms with E-state index in [0.717, 1.165) is 25.5 Å². The number of hydrogen-bond acceptors (Lipinski definition) is 4. The molecule has 0 saturated heterocycles. The fourth-order valence-electron chi connectivity index (χ4n) is 2.26. The highest BCUT2D eigenvalue weighted by Gasteiger charge is 2.28. The summed E-state index contributed by atoms with van der Waals surface area (Å²) >= 11 is 0. The number of rotatable bonds is 5. The zero-order chi connectivity index (χ0) is 13.1. The first-order chi connectivity index (χ1) is 7.86. The molecule has 3 atom stereocenters. The summed E-state index contributed by atoms with van der Waals surface area (Å²) in [5, 5.41) is 1.75. The normalized spacial score (nSPS) is 26.8. The van der Waals surface area contributed by atoms with Gasteiger partial charge in [-0.3, -0.25) is 4.79 Å². The Bertz CT molecular complexity index is 367. The van der Waals surface area contributed by atoms with Gasteiger partial charge in [0.1, 0.15) is 5.25 Å². The molecule has 1 aliphatic carbocycles. The Labute approximate surface area is 103 Å². The van der Waals surface area contributed by atoms with Crippen molar-refractivity contribution >= 4 is 15.7 Å². The molecule has 1 fully saturated rings. The van der Waals surface area contributed by atoms with Gasteiger partial charge in [0.05, 0.1) is 0 Å². The van der Waals surface area contributed by atoms with Crippen LogP contribution >= 0.6 is 0 Å². The molecule has 0 aromatic carbocycles. The molecule has 1 rings (SSSR count). The molecule has 100 valence electrons. The topological polar surface area (TPSA) is 89.3 Å². The summed E-state index contributed by atoms with van der Waals surface area (Å²) in [6.45, 7) is 2.60. The molecule has 0 aliphatic heterocycles. The van der Waals surface area contributed by atoms with E-state index >= 15 is 0 Å². The SMILES string of the molecule is CC(C(=O)NCC1CCCC1CN)S(C)(=O)=O. The maximum atomic E-state index is 11.6. The summed E-state index contributed by atoms with van der Waals surface area (Å²) in [5.41, 5.74) is 5.65. The number of nitrogens with two attached hydrogens (primary N) is 1. The maximum Gasteiger partial charge on any atom is 0.238 e. The number of carbonyl (C=O) groups excluding carboxylic acids is 1. The summed E-state index contributed by atoms with van der Waals surface area (Å²) in [6, 6.07) is 0. The molecular weight excluding hydrogens is 240 g/mol. The second-order valence-electron chi connectivity index (χ2n) is 4.90. The lowest BCUT2D eigenvalue weighted by Gasteiger charge is -2.19. The number of amides is 1. The minimum absolute atomic E-state index is 0.399. The van der Waals surface area contributed by atoms with Crippen molar-refractivity contribution in [1.29, 1.82) is 0 Å². The van der Waals surface area contributed by atoms with Crippen LogP contribution in [0.4, 0.5) is 0 Å². The zero-order valence-corrected chi connectivity index (χ0v) is 11.3. The van der Waals surface area contributed by atoms with E-state index in [4.69, 9.17) is 5.73 Å². The zero-order valence-electron chi connectivity index (χ0n) is 10.5. The van der Waals surface area contributed by atoms with Gasteiger partial charge in [0.25, 0.3) is 0 Å². The highest BCUT2D eigenvalue weighted by atomic mass is 32.2. The van der Waals surface area contributed by atoms with Crippen molar-refractivity contribution in [3.63, 3.8) is 0 Å². The third-order valence-corrected chi connectivity index (χ3v) is 5.17. The Hall–Kier alpha value is -0.620. The number of nitrogens with one attached hydrogen (secondary N) is 1. The van der Waals surface area contributed by atoms with Gasteiger partial charge in [0, 0.05) is 12.8 Å². The van der Waals surface area contributed by atoms with Gasteiger partial charge >= 0.3 is 0 Å². The van der Waals surface area contributed by atoms with E-state index in [1.54, 1.807) is 0 Å². The van der Waals surface area contributed by atoms with Gasteiger partial charge in [0.2, 0.25) is 5.91 Å². The Balaban J connectivity index is 2.43. The van der Waals surface area contributed by atoms with Gasteiger partial charge in [-0.05, 0) is 38.1 Å². The van der Waals surface area contributed by atoms with Crippen LogP contribution in [0.1, 0.15) is 26.2 Å². The van der Waals surface area contributed by atoms with E-state index < -0.39 is 21.0 Å². The Morgan fingerprint density at radius 1 is 1.41 bits per heavy atom. The van der Waals surface area contributed by atoms with Crippen LogP contribution in [0.5, 0.6) is 0 Å². The van der Waals surface area contributed by atoms with Crippen LogP contribution < -0.4 is 11.1 Å². The molecular formula is C11H22N2O3S. The average molecular weight is 262 g/mol. The Kier molecular flexibility index (Phi) is 4.94. The molecule has 0 aromatic rings. The van der Waals surface area contributed by atoms with E-state index in [9.17, 15) is 13.2 Å². The van der Waals surface area contributed by atoms with E-state index in [0.29, 0.717) is 24.9 Å². The second kappa shape index (κ2) is 5.82. The number of sulfone groups is 1. The van der Waals surface area contributed by atoms with Crippen molar-refractivity contribution in [2.75, 3.05) is 19.3 Å². The fraction of sp³-hybridized carbons (Fsp3) is 0.909. The van der Waals surface area contributed by atoms with Crippen molar-refractivity contribution in [1.82, 2.24) is 5.32 Å². The van der Waals surface area contributed by atoms with Gasteiger partial charge < -0.3 is 11.1 Å². The van der Waals surface area contributed by atoms with Crippen LogP contribution in [0.3, 0.4) is 0 Å². The summed E-state index contributed by atoms with van der Waals surface area (Å²) < 4.78 is 22.4. The summed E-state index contributed by atoms with van der Waals surface area (Å²) in [6.07, 6.45) is 4.40. The van der Waals surface area contributed by atoms with E-state index in [1.165, 1.54) is 6.92 Å². The molecule has 1 saturated carbocycles. The third-order valence-electron chi connectivity index (χ3n) is 3.67. The lowest BCUT2D eigenvalue weighted by atomic mass is 9.96. The minimum atomic E-state index is -3.30. The van der Waals surface area contributed by atoms with Crippen molar-refractivity contribution in [3.05, 3.63) is 0 Å². The predicted octanol–water partition coefficient (Wildman–Crippen LogP) is -0.0893. The maximum absolute atomic E-state index is 11.6. The first kappa shape index (κ1) is 14.4. The van der Waals surface area contributed by atoms with E-state index in [-0.39, 0.29) is 0 Å². The van der Waals surface area contributed by atoms with Crippen LogP contribution in [0, 0.1) is 11.8 Å². The van der Waals surface area contributed by atoms with Gasteiger partial charge in [-0.15, -0.1) is 0 Å². The monoisotopic (exact) mass is 262 g/mol. The van der Waals surface area contributed by atoms with Crippen molar-refractivity contribution in [2.45, 2.75) is 31.4 Å². The quantitative estimate of drug-likeness (QED) is 0.724. The lowest BCUT2D eigenvalue weighted by molar-refractivity contribution is -0.120. The van der Waals surface area contributed by atoms with Gasteiger partial charge in [-0.2, -0.15) is 0 Å². The summed E-state index contributed by atoms with van der Waals surface area (Å²) in [7, 11) is -3.30. The number of hydrogen-bond donors (Lipinski definition) is 2. The van der Waals surface area contributed by atoms with E-state index in [1.807, 2.05) is 0 Å². The predicted molar refractivity (Wildman–Crippen MR) is 67.2 cm³/mol. The molecule has 0 heterocycles. The largest absolute Gasteiger partial charge is 0.355 e. The van der Waals surface area contributed by atoms with Crippen LogP contribution in [-0.4, -0.2) is 38.9 Å². The third kappa shape index (κ3) is 3.96. The first-order valence-corrected chi connectivity index (χ1v) is 7.98. The van der Waals surface area contributed by atoms with Gasteiger partial charge in [-0.25, -0.2) is 8.42 Å². The first-order valence-electron chi connectivity index (χ1n) is 6.03. The van der Waals surface area contributed by atoms with Gasteiger partial charge in [-0.1, -0.05) is 6.42 Å². The van der Waals surface area contributed by atoms with Crippen molar-refractivity contribution in [3.8, 4) is 0 Å². The molecule has 0 bridgehead atoms. The Morgan fingerprint density at radius 2 is 2.00 bits per heavy atom. The standard InChI is InChI=1S/C11H22N2O3S/c1-8(17(2,15)16)11(14)13-7-10-5-3-4-9(10)6-12/h8-10H,3-7,12H2,1-2H3,(H,13,14). The lowest BCUT2D eigenvalue weighted by Crippen LogP contribution is -2.40. The molecule has 0 spiro atoms. The fourth-order valence-corrected chi connectivity index (χ4v) is 2.73. The second-order valence-corrected chi connectivity index (χ2v) is 7.27. The molecule has 5 nitrogen and oxygen atoms in total. The van der Waals surface area contributed by atoms with E-state index in [2.05, 4.69) is 5.32 Å². The Morgan fingerprint density at radius 3 is 2.53 bits per heavy atom. The average Bonchev–Trinajstić information content (AvgIpc) is 2.70. The summed E-state index contributed by atoms with van der Waals surface area (Å²) in [4.78, 5) is 11.6. The molecule has 1 aliphatic rings. The molecule has 3 unspecified atom stereocenters. The van der Waals surface area contributed by atoms with Crippen LogP contribution in [0.2, 0.25) is 0 Å². The smallest absolute Gasteiger partial charge is 0.238 e. The molecule has 0 aromatic heterocycles. The highest BCUT2D eigenvalue weighted by Crippen LogP contribution is 2.30. The van der Waals surface area contributed by atoms with Crippen molar-refractivity contribution < 1.29 is 13.2 Å². The van der Waals surface area contributed by atoms with Crippen molar-refractivity contribution in [2.24, 2.45) is 17.6 Å². The van der Waals surface area contributed by atoms with Crippen LogP contribution in [0.15, 0.2) is 0 Å². The highest BCUT2D eigenvalue weighted by molar-refractivity contribution is 7.92. The minimum Gasteiger partial charge on any atom is -0.355 e. The molecule has 1 amide bonds. The van der Waals surface area contributed by atoms with Gasteiger partial charge in [0.15, 0.2) is 9.84 Å². The molecule has 17 heavy (non-hydrogen) atoms. The van der Waals surface area contributed by atoms with Crippen LogP contribution in [0.25, 0.3) is 0 Å². The molecule has 6 heteroatoms. The molecule has 3 N–H and O–H groups in total. The van der Waals surface area contributed by atoms with Crippen LogP contribution in [-0.2, 0) is 14.6 Å². The molecule has 0 radical (unpaired) electrons. The summed E-state index contributed by atoms with van der Waals surface area (Å²) in [5.74, 6) is 0.453. The number of carbonyl (C=O) groups is 1.